The molecule has 0 aliphatic heterocycles. The summed E-state index contributed by atoms with van der Waals surface area (Å²) in [5.74, 6) is 1.47. The van der Waals surface area contributed by atoms with E-state index in [0.717, 1.165) is 30.3 Å². The quantitative estimate of drug-likeness (QED) is 0.340. The van der Waals surface area contributed by atoms with Gasteiger partial charge in [0.05, 0.1) is 0 Å². The maximum Gasteiger partial charge on any atom is 0.329 e. The third kappa shape index (κ3) is 7.05. The Balaban J connectivity index is 1.96. The van der Waals surface area contributed by atoms with Crippen molar-refractivity contribution in [2.75, 3.05) is 5.75 Å². The molecule has 0 unspecified atom stereocenters. The number of nitrogens with one attached hydrogen (secondary N) is 1. The predicted molar refractivity (Wildman–Crippen MR) is 123 cm³/mol. The lowest BCUT2D eigenvalue weighted by Crippen LogP contribution is -2.29. The fourth-order valence-corrected chi connectivity index (χ4v) is 4.50. The van der Waals surface area contributed by atoms with E-state index >= 15 is 0 Å². The molecule has 0 saturated carbocycles. The van der Waals surface area contributed by atoms with Gasteiger partial charge < -0.3 is 4.57 Å². The average molecular weight is 423 g/mol. The first kappa shape index (κ1) is 23.8. The van der Waals surface area contributed by atoms with E-state index in [-0.39, 0.29) is 5.56 Å². The summed E-state index contributed by atoms with van der Waals surface area (Å²) in [5, 5.41) is 0.844. The predicted octanol–water partition coefficient (Wildman–Crippen LogP) is 5.09. The molecule has 7 heteroatoms. The lowest BCUT2D eigenvalue weighted by atomic mass is 10.1. The Labute approximate surface area is 178 Å². The molecule has 0 fully saturated rings. The summed E-state index contributed by atoms with van der Waals surface area (Å²) in [6.45, 7) is 7.37. The van der Waals surface area contributed by atoms with Crippen molar-refractivity contribution in [1.29, 1.82) is 0 Å². The van der Waals surface area contributed by atoms with E-state index in [4.69, 9.17) is 0 Å². The summed E-state index contributed by atoms with van der Waals surface area (Å²) in [6.07, 6.45) is 12.8. The van der Waals surface area contributed by atoms with Crippen LogP contribution in [0.3, 0.4) is 0 Å². The second-order valence-corrected chi connectivity index (χ2v) is 9.41. The van der Waals surface area contributed by atoms with Gasteiger partial charge >= 0.3 is 5.69 Å². The van der Waals surface area contributed by atoms with Gasteiger partial charge in [-0.25, -0.2) is 9.78 Å². The Morgan fingerprint density at radius 1 is 0.966 bits per heavy atom. The third-order valence-corrected chi connectivity index (χ3v) is 6.66. The Kier molecular flexibility index (Phi) is 10.0. The van der Waals surface area contributed by atoms with E-state index in [0.29, 0.717) is 17.1 Å². The number of unbranched alkanes of at least 4 members (excludes halogenated alkanes) is 9. The molecular weight excluding hydrogens is 384 g/mol. The van der Waals surface area contributed by atoms with Gasteiger partial charge in [-0.3, -0.25) is 14.3 Å². The van der Waals surface area contributed by atoms with E-state index in [1.807, 2.05) is 4.57 Å². The minimum absolute atomic E-state index is 0.334. The lowest BCUT2D eigenvalue weighted by molar-refractivity contribution is 0.526. The van der Waals surface area contributed by atoms with Gasteiger partial charge in [0.1, 0.15) is 0 Å². The molecule has 2 rings (SSSR count). The van der Waals surface area contributed by atoms with Crippen molar-refractivity contribution in [2.45, 2.75) is 96.7 Å². The van der Waals surface area contributed by atoms with Crippen molar-refractivity contribution in [3.63, 3.8) is 0 Å². The number of aromatic nitrogens is 4. The van der Waals surface area contributed by atoms with Crippen molar-refractivity contribution in [1.82, 2.24) is 19.1 Å². The van der Waals surface area contributed by atoms with Crippen molar-refractivity contribution in [3.8, 4) is 0 Å². The standard InChI is InChI=1S/C22H38N4O2S/c1-5-6-7-8-9-10-11-12-13-14-15-26-18-19(23-22(26)29-16-17(2)3)25(4)21(28)24-20(18)27/h17H,5-16H2,1-4H3,(H,24,27,28). The largest absolute Gasteiger partial charge is 0.329 e. The molecule has 0 aliphatic carbocycles. The van der Waals surface area contributed by atoms with Crippen LogP contribution in [0.1, 0.15) is 85.0 Å². The van der Waals surface area contributed by atoms with E-state index in [1.165, 1.54) is 55.9 Å². The molecule has 0 saturated heterocycles. The molecule has 164 valence electrons. The second kappa shape index (κ2) is 12.3. The summed E-state index contributed by atoms with van der Waals surface area (Å²) in [5.41, 5.74) is 0.261. The number of nitrogens with zero attached hydrogens (tertiary/aromatic N) is 3. The van der Waals surface area contributed by atoms with Crippen LogP contribution in [0.2, 0.25) is 0 Å². The van der Waals surface area contributed by atoms with Crippen LogP contribution in [0.15, 0.2) is 14.7 Å². The van der Waals surface area contributed by atoms with Crippen LogP contribution in [0, 0.1) is 5.92 Å². The first-order valence-corrected chi connectivity index (χ1v) is 12.3. The molecule has 1 N–H and O–H groups in total. The molecule has 2 heterocycles. The molecule has 0 amide bonds. The summed E-state index contributed by atoms with van der Waals surface area (Å²) >= 11 is 1.67. The highest BCUT2D eigenvalue weighted by Crippen LogP contribution is 2.24. The van der Waals surface area contributed by atoms with Crippen LogP contribution < -0.4 is 11.2 Å². The van der Waals surface area contributed by atoms with Gasteiger partial charge in [0, 0.05) is 19.3 Å². The SMILES string of the molecule is CCCCCCCCCCCCn1c(SCC(C)C)nc2c1c(=O)[nH]c(=O)n2C. The second-order valence-electron chi connectivity index (χ2n) is 8.42. The number of H-pyrrole nitrogens is 1. The highest BCUT2D eigenvalue weighted by Gasteiger charge is 2.17. The van der Waals surface area contributed by atoms with Crippen molar-refractivity contribution < 1.29 is 0 Å². The molecule has 0 aliphatic rings. The molecular formula is C22H38N4O2S. The number of aryl methyl sites for hydroxylation is 2. The minimum atomic E-state index is -0.411. The van der Waals surface area contributed by atoms with E-state index < -0.39 is 5.69 Å². The summed E-state index contributed by atoms with van der Waals surface area (Å²) in [7, 11) is 1.66. The van der Waals surface area contributed by atoms with Gasteiger partial charge in [-0.2, -0.15) is 0 Å². The van der Waals surface area contributed by atoms with Crippen LogP contribution in [-0.2, 0) is 13.6 Å². The highest BCUT2D eigenvalue weighted by molar-refractivity contribution is 7.99. The minimum Gasteiger partial charge on any atom is -0.313 e. The summed E-state index contributed by atoms with van der Waals surface area (Å²) in [6, 6.07) is 0. The van der Waals surface area contributed by atoms with E-state index in [9.17, 15) is 9.59 Å². The fraction of sp³-hybridized carbons (Fsp3) is 0.773. The first-order chi connectivity index (χ1) is 14.0. The Morgan fingerprint density at radius 3 is 2.14 bits per heavy atom. The molecule has 0 spiro atoms. The number of fused-ring (bicyclic) bond motifs is 1. The van der Waals surface area contributed by atoms with Crippen LogP contribution >= 0.6 is 11.8 Å². The van der Waals surface area contributed by atoms with E-state index in [1.54, 1.807) is 18.8 Å². The topological polar surface area (TPSA) is 72.7 Å². The fourth-order valence-electron chi connectivity index (χ4n) is 3.53. The normalized spacial score (nSPS) is 11.8. The lowest BCUT2D eigenvalue weighted by Gasteiger charge is -2.09. The smallest absolute Gasteiger partial charge is 0.313 e. The van der Waals surface area contributed by atoms with E-state index in [2.05, 4.69) is 30.7 Å². The van der Waals surface area contributed by atoms with Crippen LogP contribution in [-0.4, -0.2) is 24.9 Å². The maximum absolute atomic E-state index is 12.5. The van der Waals surface area contributed by atoms with Crippen molar-refractivity contribution in [3.05, 3.63) is 20.8 Å². The van der Waals surface area contributed by atoms with Crippen LogP contribution in [0.25, 0.3) is 11.2 Å². The number of hydrogen-bond donors (Lipinski definition) is 1. The first-order valence-electron chi connectivity index (χ1n) is 11.3. The number of imidazole rings is 1. The number of hydrogen-bond acceptors (Lipinski definition) is 4. The molecule has 0 atom stereocenters. The molecule has 0 radical (unpaired) electrons. The van der Waals surface area contributed by atoms with Crippen LogP contribution in [0.5, 0.6) is 0 Å². The summed E-state index contributed by atoms with van der Waals surface area (Å²) < 4.78 is 3.45. The molecule has 2 aromatic rings. The molecule has 29 heavy (non-hydrogen) atoms. The average Bonchev–Trinajstić information content (AvgIpc) is 3.05. The zero-order valence-corrected chi connectivity index (χ0v) is 19.4. The molecule has 0 bridgehead atoms. The van der Waals surface area contributed by atoms with Gasteiger partial charge in [-0.1, -0.05) is 90.3 Å². The highest BCUT2D eigenvalue weighted by atomic mass is 32.2. The van der Waals surface area contributed by atoms with Gasteiger partial charge in [0.15, 0.2) is 16.3 Å². The Bertz CT molecular complexity index is 866. The van der Waals surface area contributed by atoms with Crippen molar-refractivity contribution >= 4 is 22.9 Å². The number of aromatic amines is 1. The summed E-state index contributed by atoms with van der Waals surface area (Å²) in [4.78, 5) is 31.5. The van der Waals surface area contributed by atoms with Gasteiger partial charge in [-0.15, -0.1) is 0 Å². The Morgan fingerprint density at radius 2 is 1.55 bits per heavy atom. The molecule has 2 aromatic heterocycles. The van der Waals surface area contributed by atoms with Gasteiger partial charge in [0.25, 0.3) is 5.56 Å². The monoisotopic (exact) mass is 422 g/mol. The van der Waals surface area contributed by atoms with Crippen LogP contribution in [0.4, 0.5) is 0 Å². The number of rotatable bonds is 14. The van der Waals surface area contributed by atoms with Gasteiger partial charge in [0.2, 0.25) is 0 Å². The zero-order valence-electron chi connectivity index (χ0n) is 18.6. The number of thioether (sulfide) groups is 1. The molecule has 6 nitrogen and oxygen atoms in total. The van der Waals surface area contributed by atoms with Gasteiger partial charge in [-0.05, 0) is 12.3 Å². The third-order valence-electron chi connectivity index (χ3n) is 5.25. The maximum atomic E-state index is 12.5. The zero-order chi connectivity index (χ0) is 21.2. The molecule has 0 aromatic carbocycles. The van der Waals surface area contributed by atoms with Crippen molar-refractivity contribution in [2.24, 2.45) is 13.0 Å². The Hall–Kier alpha value is -1.50.